The number of anilines is 1. The standard InChI is InChI=1S/C17H31N5O2/c1-2-15(6-11-23)12-18-17(24)20-16-13-19-22(14-16)10-9-21-7-4-3-5-8-21/h13-15,23H,2-12H2,1H3,(H2,18,20,24). The van der Waals surface area contributed by atoms with Crippen LogP contribution in [0.3, 0.4) is 0 Å². The monoisotopic (exact) mass is 337 g/mol. The minimum absolute atomic E-state index is 0.158. The van der Waals surface area contributed by atoms with Gasteiger partial charge >= 0.3 is 6.03 Å². The van der Waals surface area contributed by atoms with E-state index in [-0.39, 0.29) is 12.6 Å². The predicted molar refractivity (Wildman–Crippen MR) is 95.0 cm³/mol. The van der Waals surface area contributed by atoms with Crippen LogP contribution in [0.25, 0.3) is 0 Å². The maximum Gasteiger partial charge on any atom is 0.319 e. The van der Waals surface area contributed by atoms with E-state index in [1.165, 1.54) is 32.4 Å². The van der Waals surface area contributed by atoms with Gasteiger partial charge in [-0.2, -0.15) is 5.10 Å². The van der Waals surface area contributed by atoms with Crippen LogP contribution in [0.4, 0.5) is 10.5 Å². The highest BCUT2D eigenvalue weighted by molar-refractivity contribution is 5.88. The van der Waals surface area contributed by atoms with Gasteiger partial charge in [-0.25, -0.2) is 4.79 Å². The molecule has 1 aliphatic heterocycles. The average Bonchev–Trinajstić information content (AvgIpc) is 3.05. The first-order valence-corrected chi connectivity index (χ1v) is 9.11. The van der Waals surface area contributed by atoms with E-state index < -0.39 is 0 Å². The van der Waals surface area contributed by atoms with Crippen molar-refractivity contribution < 1.29 is 9.90 Å². The summed E-state index contributed by atoms with van der Waals surface area (Å²) >= 11 is 0. The maximum atomic E-state index is 11.9. The van der Waals surface area contributed by atoms with Crippen molar-refractivity contribution in [3.8, 4) is 0 Å². The molecule has 0 spiro atoms. The van der Waals surface area contributed by atoms with Crippen molar-refractivity contribution in [3.05, 3.63) is 12.4 Å². The number of aliphatic hydroxyl groups excluding tert-OH is 1. The molecule has 1 aromatic rings. The van der Waals surface area contributed by atoms with Gasteiger partial charge in [-0.1, -0.05) is 19.8 Å². The van der Waals surface area contributed by atoms with Crippen LogP contribution in [-0.4, -0.2) is 58.6 Å². The van der Waals surface area contributed by atoms with Gasteiger partial charge in [0.25, 0.3) is 0 Å². The van der Waals surface area contributed by atoms with E-state index in [1.807, 2.05) is 10.9 Å². The number of carbonyl (C=O) groups is 1. The van der Waals surface area contributed by atoms with Gasteiger partial charge in [-0.3, -0.25) is 4.68 Å². The summed E-state index contributed by atoms with van der Waals surface area (Å²) in [5.74, 6) is 0.313. The number of nitrogens with zero attached hydrogens (tertiary/aromatic N) is 3. The second kappa shape index (κ2) is 10.3. The van der Waals surface area contributed by atoms with E-state index in [0.29, 0.717) is 24.6 Å². The number of urea groups is 1. The van der Waals surface area contributed by atoms with Crippen LogP contribution >= 0.6 is 0 Å². The van der Waals surface area contributed by atoms with E-state index >= 15 is 0 Å². The van der Waals surface area contributed by atoms with E-state index in [0.717, 1.165) is 19.5 Å². The second-order valence-electron chi connectivity index (χ2n) is 6.52. The topological polar surface area (TPSA) is 82.4 Å². The van der Waals surface area contributed by atoms with Crippen molar-refractivity contribution in [1.82, 2.24) is 20.0 Å². The van der Waals surface area contributed by atoms with Gasteiger partial charge in [0.15, 0.2) is 0 Å². The van der Waals surface area contributed by atoms with Crippen LogP contribution in [0.2, 0.25) is 0 Å². The van der Waals surface area contributed by atoms with Crippen LogP contribution < -0.4 is 10.6 Å². The van der Waals surface area contributed by atoms with E-state index in [2.05, 4.69) is 27.6 Å². The Morgan fingerprint density at radius 1 is 1.33 bits per heavy atom. The summed E-state index contributed by atoms with van der Waals surface area (Å²) in [7, 11) is 0. The lowest BCUT2D eigenvalue weighted by atomic mass is 10.0. The Kier molecular flexibility index (Phi) is 8.04. The molecule has 1 atom stereocenters. The lowest BCUT2D eigenvalue weighted by Gasteiger charge is -2.26. The van der Waals surface area contributed by atoms with Crippen LogP contribution in [0.1, 0.15) is 39.0 Å². The molecule has 1 saturated heterocycles. The smallest absolute Gasteiger partial charge is 0.319 e. The summed E-state index contributed by atoms with van der Waals surface area (Å²) in [6.07, 6.45) is 9.14. The number of aliphatic hydroxyl groups is 1. The van der Waals surface area contributed by atoms with Crippen LogP contribution in [0.15, 0.2) is 12.4 Å². The SMILES string of the molecule is CCC(CCO)CNC(=O)Nc1cnn(CCN2CCCCC2)c1. The van der Waals surface area contributed by atoms with E-state index in [4.69, 9.17) is 5.11 Å². The van der Waals surface area contributed by atoms with Gasteiger partial charge in [0.1, 0.15) is 0 Å². The lowest BCUT2D eigenvalue weighted by Crippen LogP contribution is -2.33. The molecule has 1 unspecified atom stereocenters. The summed E-state index contributed by atoms with van der Waals surface area (Å²) in [6, 6.07) is -0.220. The third-order valence-electron chi connectivity index (χ3n) is 4.65. The molecule has 3 N–H and O–H groups in total. The predicted octanol–water partition coefficient (Wildman–Crippen LogP) is 1.90. The largest absolute Gasteiger partial charge is 0.396 e. The molecule has 136 valence electrons. The molecule has 2 heterocycles. The first-order chi connectivity index (χ1) is 11.7. The number of hydrogen-bond donors (Lipinski definition) is 3. The Hall–Kier alpha value is -1.60. The summed E-state index contributed by atoms with van der Waals surface area (Å²) in [6.45, 7) is 7.01. The number of carbonyl (C=O) groups excluding carboxylic acids is 1. The number of rotatable bonds is 9. The highest BCUT2D eigenvalue weighted by Gasteiger charge is 2.11. The molecule has 2 amide bonds. The zero-order chi connectivity index (χ0) is 17.2. The molecule has 7 heteroatoms. The van der Waals surface area contributed by atoms with Crippen LogP contribution in [-0.2, 0) is 6.54 Å². The molecule has 2 rings (SSSR count). The molecule has 0 radical (unpaired) electrons. The molecular formula is C17H31N5O2. The number of hydrogen-bond acceptors (Lipinski definition) is 4. The van der Waals surface area contributed by atoms with Gasteiger partial charge in [-0.15, -0.1) is 0 Å². The molecule has 24 heavy (non-hydrogen) atoms. The van der Waals surface area contributed by atoms with Crippen LogP contribution in [0.5, 0.6) is 0 Å². The number of nitrogens with one attached hydrogen (secondary N) is 2. The first-order valence-electron chi connectivity index (χ1n) is 9.11. The van der Waals surface area contributed by atoms with Crippen molar-refractivity contribution in [2.45, 2.75) is 45.6 Å². The minimum atomic E-state index is -0.220. The van der Waals surface area contributed by atoms with Gasteiger partial charge in [0.2, 0.25) is 0 Å². The van der Waals surface area contributed by atoms with Gasteiger partial charge < -0.3 is 20.6 Å². The minimum Gasteiger partial charge on any atom is -0.396 e. The summed E-state index contributed by atoms with van der Waals surface area (Å²) in [5, 5.41) is 18.9. The Morgan fingerprint density at radius 3 is 2.83 bits per heavy atom. The zero-order valence-corrected chi connectivity index (χ0v) is 14.7. The Morgan fingerprint density at radius 2 is 2.12 bits per heavy atom. The second-order valence-corrected chi connectivity index (χ2v) is 6.52. The molecule has 1 aromatic heterocycles. The van der Waals surface area contributed by atoms with Crippen molar-refractivity contribution >= 4 is 11.7 Å². The van der Waals surface area contributed by atoms with E-state index in [9.17, 15) is 4.79 Å². The fraction of sp³-hybridized carbons (Fsp3) is 0.765. The summed E-state index contributed by atoms with van der Waals surface area (Å²) in [4.78, 5) is 14.4. The molecule has 1 aliphatic rings. The molecule has 7 nitrogen and oxygen atoms in total. The quantitative estimate of drug-likeness (QED) is 0.643. The lowest BCUT2D eigenvalue weighted by molar-refractivity contribution is 0.218. The highest BCUT2D eigenvalue weighted by atomic mass is 16.3. The van der Waals surface area contributed by atoms with Crippen molar-refractivity contribution in [2.24, 2.45) is 5.92 Å². The third kappa shape index (κ3) is 6.49. The first kappa shape index (κ1) is 18.7. The Labute approximate surface area is 144 Å². The van der Waals surface area contributed by atoms with Gasteiger partial charge in [-0.05, 0) is 38.3 Å². The van der Waals surface area contributed by atoms with Crippen LogP contribution in [0, 0.1) is 5.92 Å². The third-order valence-corrected chi connectivity index (χ3v) is 4.65. The number of aromatic nitrogens is 2. The van der Waals surface area contributed by atoms with E-state index in [1.54, 1.807) is 6.20 Å². The molecule has 1 fully saturated rings. The Bertz CT molecular complexity index is 485. The van der Waals surface area contributed by atoms with Gasteiger partial charge in [0, 0.05) is 25.9 Å². The number of likely N-dealkylation sites (tertiary alicyclic amines) is 1. The number of piperidine rings is 1. The summed E-state index contributed by atoms with van der Waals surface area (Å²) < 4.78 is 1.88. The van der Waals surface area contributed by atoms with Crippen molar-refractivity contribution in [1.29, 1.82) is 0 Å². The Balaban J connectivity index is 1.69. The molecule has 0 bridgehead atoms. The fourth-order valence-corrected chi connectivity index (χ4v) is 3.02. The van der Waals surface area contributed by atoms with Crippen molar-refractivity contribution in [2.75, 3.05) is 38.1 Å². The summed E-state index contributed by atoms with van der Waals surface area (Å²) in [5.41, 5.74) is 0.710. The number of amides is 2. The van der Waals surface area contributed by atoms with Gasteiger partial charge in [0.05, 0.1) is 18.4 Å². The zero-order valence-electron chi connectivity index (χ0n) is 14.7. The molecule has 0 aromatic carbocycles. The molecule has 0 aliphatic carbocycles. The maximum absolute atomic E-state index is 11.9. The molecule has 0 saturated carbocycles. The highest BCUT2D eigenvalue weighted by Crippen LogP contribution is 2.10. The van der Waals surface area contributed by atoms with Crippen molar-refractivity contribution in [3.63, 3.8) is 0 Å². The average molecular weight is 337 g/mol. The normalized spacial score (nSPS) is 16.8. The molecular weight excluding hydrogens is 306 g/mol. The fourth-order valence-electron chi connectivity index (χ4n) is 3.02.